The van der Waals surface area contributed by atoms with Crippen molar-refractivity contribution in [2.45, 2.75) is 20.0 Å². The summed E-state index contributed by atoms with van der Waals surface area (Å²) < 4.78 is 1.96. The summed E-state index contributed by atoms with van der Waals surface area (Å²) >= 11 is 0. The zero-order valence-corrected chi connectivity index (χ0v) is 16.2. The van der Waals surface area contributed by atoms with Gasteiger partial charge in [-0.1, -0.05) is 24.8 Å². The van der Waals surface area contributed by atoms with Gasteiger partial charge in [0, 0.05) is 35.6 Å². The smallest absolute Gasteiger partial charge is 0.0969 e. The number of H-pyrrole nitrogens is 1. The summed E-state index contributed by atoms with van der Waals surface area (Å²) in [6.07, 6.45) is 8.72. The quantitative estimate of drug-likeness (QED) is 0.624. The molecule has 3 N–H and O–H groups in total. The van der Waals surface area contributed by atoms with Gasteiger partial charge < -0.3 is 20.2 Å². The SMILES string of the molecule is C=CCCN1C=C(c2cc(C(=C)C)cc3c2ncn3CN)c2cc[nH]c2C1=C. The molecule has 3 heterocycles. The molecule has 2 aromatic heterocycles. The Morgan fingerprint density at radius 1 is 1.32 bits per heavy atom. The molecule has 0 spiro atoms. The molecule has 0 unspecified atom stereocenters. The van der Waals surface area contributed by atoms with E-state index in [1.54, 1.807) is 6.33 Å². The Hall–Kier alpha value is -3.31. The lowest BCUT2D eigenvalue weighted by Gasteiger charge is -2.29. The van der Waals surface area contributed by atoms with Crippen molar-refractivity contribution in [3.63, 3.8) is 0 Å². The molecule has 3 aromatic rings. The number of allylic oxidation sites excluding steroid dienone is 1. The number of imidazole rings is 1. The third-order valence-corrected chi connectivity index (χ3v) is 5.24. The van der Waals surface area contributed by atoms with Gasteiger partial charge in [0.1, 0.15) is 0 Å². The molecule has 0 amide bonds. The van der Waals surface area contributed by atoms with Crippen LogP contribution in [0.25, 0.3) is 27.9 Å². The Labute approximate surface area is 165 Å². The predicted molar refractivity (Wildman–Crippen MR) is 117 cm³/mol. The van der Waals surface area contributed by atoms with E-state index in [4.69, 9.17) is 5.73 Å². The maximum Gasteiger partial charge on any atom is 0.0969 e. The first-order valence-corrected chi connectivity index (χ1v) is 9.36. The number of rotatable bonds is 6. The molecule has 0 saturated carbocycles. The minimum atomic E-state index is 0.381. The molecule has 5 nitrogen and oxygen atoms in total. The molecule has 5 heteroatoms. The van der Waals surface area contributed by atoms with Gasteiger partial charge in [-0.15, -0.1) is 6.58 Å². The van der Waals surface area contributed by atoms with Crippen LogP contribution in [-0.2, 0) is 6.67 Å². The van der Waals surface area contributed by atoms with E-state index >= 15 is 0 Å². The minimum absolute atomic E-state index is 0.381. The Kier molecular flexibility index (Phi) is 4.53. The normalized spacial score (nSPS) is 13.6. The van der Waals surface area contributed by atoms with Crippen molar-refractivity contribution in [2.75, 3.05) is 6.54 Å². The molecule has 0 atom stereocenters. The van der Waals surface area contributed by atoms with E-state index in [2.05, 4.69) is 59.0 Å². The monoisotopic (exact) mass is 371 g/mol. The third-order valence-electron chi connectivity index (χ3n) is 5.24. The maximum atomic E-state index is 5.92. The lowest BCUT2D eigenvalue weighted by molar-refractivity contribution is 0.535. The fraction of sp³-hybridized carbons (Fsp3) is 0.174. The second-order valence-corrected chi connectivity index (χ2v) is 7.10. The molecule has 0 bridgehead atoms. The highest BCUT2D eigenvalue weighted by atomic mass is 15.1. The average molecular weight is 371 g/mol. The Bertz CT molecular complexity index is 1130. The lowest BCUT2D eigenvalue weighted by Crippen LogP contribution is -2.21. The molecule has 1 aliphatic heterocycles. The van der Waals surface area contributed by atoms with E-state index < -0.39 is 0 Å². The highest BCUT2D eigenvalue weighted by molar-refractivity contribution is 5.99. The summed E-state index contributed by atoms with van der Waals surface area (Å²) in [5.41, 5.74) is 15.3. The van der Waals surface area contributed by atoms with E-state index in [1.807, 2.05) is 23.8 Å². The van der Waals surface area contributed by atoms with Crippen LogP contribution in [0.1, 0.15) is 35.7 Å². The first kappa shape index (κ1) is 18.1. The van der Waals surface area contributed by atoms with Crippen LogP contribution in [0.5, 0.6) is 0 Å². The molecule has 0 radical (unpaired) electrons. The number of hydrogen-bond acceptors (Lipinski definition) is 3. The van der Waals surface area contributed by atoms with Gasteiger partial charge in [-0.3, -0.25) is 0 Å². The van der Waals surface area contributed by atoms with Gasteiger partial charge in [0.25, 0.3) is 0 Å². The Balaban J connectivity index is 1.97. The van der Waals surface area contributed by atoms with Crippen molar-refractivity contribution >= 4 is 27.9 Å². The van der Waals surface area contributed by atoms with E-state index in [9.17, 15) is 0 Å². The molecule has 0 saturated heterocycles. The third kappa shape index (κ3) is 2.80. The maximum absolute atomic E-state index is 5.92. The first-order chi connectivity index (χ1) is 13.5. The van der Waals surface area contributed by atoms with Crippen LogP contribution in [0.3, 0.4) is 0 Å². The van der Waals surface area contributed by atoms with Gasteiger partial charge in [-0.2, -0.15) is 0 Å². The molecule has 0 fully saturated rings. The van der Waals surface area contributed by atoms with E-state index in [1.165, 1.54) is 0 Å². The molecule has 4 rings (SSSR count). The van der Waals surface area contributed by atoms with Crippen molar-refractivity contribution in [3.8, 4) is 0 Å². The van der Waals surface area contributed by atoms with Gasteiger partial charge in [-0.05, 0) is 37.1 Å². The average Bonchev–Trinajstić information content (AvgIpc) is 3.34. The van der Waals surface area contributed by atoms with E-state index in [-0.39, 0.29) is 0 Å². The number of aromatic nitrogens is 3. The number of hydrogen-bond donors (Lipinski definition) is 2. The van der Waals surface area contributed by atoms with Crippen molar-refractivity contribution in [1.82, 2.24) is 19.4 Å². The minimum Gasteiger partial charge on any atom is -0.359 e. The van der Waals surface area contributed by atoms with E-state index in [0.29, 0.717) is 6.67 Å². The molecule has 1 aliphatic rings. The molecular formula is C23H25N5. The lowest BCUT2D eigenvalue weighted by atomic mass is 9.91. The zero-order chi connectivity index (χ0) is 19.8. The van der Waals surface area contributed by atoms with Crippen molar-refractivity contribution in [3.05, 3.63) is 85.1 Å². The topological polar surface area (TPSA) is 62.9 Å². The number of nitrogens with zero attached hydrogens (tertiary/aromatic N) is 3. The Morgan fingerprint density at radius 3 is 2.86 bits per heavy atom. The highest BCUT2D eigenvalue weighted by Gasteiger charge is 2.25. The number of fused-ring (bicyclic) bond motifs is 2. The molecule has 142 valence electrons. The van der Waals surface area contributed by atoms with E-state index in [0.717, 1.165) is 63.2 Å². The number of nitrogens with two attached hydrogens (primary N) is 1. The van der Waals surface area contributed by atoms with Gasteiger partial charge >= 0.3 is 0 Å². The zero-order valence-electron chi connectivity index (χ0n) is 16.2. The molecular weight excluding hydrogens is 346 g/mol. The van der Waals surface area contributed by atoms with Gasteiger partial charge in [0.15, 0.2) is 0 Å². The standard InChI is InChI=1S/C23H25N5/c1-5-6-9-27-12-20(18-7-8-25-22(18)16(27)4)19-10-17(15(2)3)11-21-23(19)26-14-28(21)13-24/h5,7-8,10-12,14,25H,1-2,4,6,9,13,24H2,3H3. The molecule has 28 heavy (non-hydrogen) atoms. The highest BCUT2D eigenvalue weighted by Crippen LogP contribution is 2.39. The van der Waals surface area contributed by atoms with Crippen LogP contribution in [-0.4, -0.2) is 26.0 Å². The van der Waals surface area contributed by atoms with Gasteiger partial charge in [0.2, 0.25) is 0 Å². The predicted octanol–water partition coefficient (Wildman–Crippen LogP) is 4.57. The summed E-state index contributed by atoms with van der Waals surface area (Å²) in [4.78, 5) is 10.2. The number of aromatic amines is 1. The fourth-order valence-electron chi connectivity index (χ4n) is 3.68. The number of benzene rings is 1. The molecule has 0 aliphatic carbocycles. The Morgan fingerprint density at radius 2 is 2.14 bits per heavy atom. The second-order valence-electron chi connectivity index (χ2n) is 7.10. The second kappa shape index (κ2) is 7.02. The van der Waals surface area contributed by atoms with Gasteiger partial charge in [0.05, 0.1) is 35.4 Å². The van der Waals surface area contributed by atoms with Crippen LogP contribution in [0.2, 0.25) is 0 Å². The van der Waals surface area contributed by atoms with Crippen LogP contribution < -0.4 is 5.73 Å². The van der Waals surface area contributed by atoms with Crippen LogP contribution in [0, 0.1) is 0 Å². The molecule has 1 aromatic carbocycles. The summed E-state index contributed by atoms with van der Waals surface area (Å²) in [5, 5.41) is 0. The fourth-order valence-corrected chi connectivity index (χ4v) is 3.68. The number of nitrogens with one attached hydrogen (secondary N) is 1. The summed E-state index contributed by atoms with van der Waals surface area (Å²) in [6.45, 7) is 15.5. The van der Waals surface area contributed by atoms with Crippen molar-refractivity contribution in [2.24, 2.45) is 5.73 Å². The summed E-state index contributed by atoms with van der Waals surface area (Å²) in [6, 6.07) is 6.37. The van der Waals surface area contributed by atoms with Crippen molar-refractivity contribution in [1.29, 1.82) is 0 Å². The van der Waals surface area contributed by atoms with Crippen LogP contribution in [0.15, 0.2) is 62.7 Å². The van der Waals surface area contributed by atoms with Gasteiger partial charge in [-0.25, -0.2) is 4.98 Å². The summed E-state index contributed by atoms with van der Waals surface area (Å²) in [7, 11) is 0. The van der Waals surface area contributed by atoms with Crippen LogP contribution in [0.4, 0.5) is 0 Å². The van der Waals surface area contributed by atoms with Crippen LogP contribution >= 0.6 is 0 Å². The largest absolute Gasteiger partial charge is 0.359 e. The first-order valence-electron chi connectivity index (χ1n) is 9.36. The summed E-state index contributed by atoms with van der Waals surface area (Å²) in [5.74, 6) is 0. The van der Waals surface area contributed by atoms with Crippen molar-refractivity contribution < 1.29 is 0 Å².